The number of aromatic nitrogens is 1. The first-order chi connectivity index (χ1) is 9.43. The fraction of sp³-hybridized carbons (Fsp3) is 0.667. The third-order valence-electron chi connectivity index (χ3n) is 4.10. The van der Waals surface area contributed by atoms with Gasteiger partial charge in [0.25, 0.3) is 5.91 Å². The molecule has 2 N–H and O–H groups in total. The molecule has 112 valence electrons. The van der Waals surface area contributed by atoms with Crippen LogP contribution in [0.15, 0.2) is 16.7 Å². The van der Waals surface area contributed by atoms with E-state index < -0.39 is 0 Å². The van der Waals surface area contributed by atoms with Gasteiger partial charge in [-0.15, -0.1) is 0 Å². The molecule has 1 saturated heterocycles. The van der Waals surface area contributed by atoms with E-state index in [0.29, 0.717) is 12.5 Å². The Morgan fingerprint density at radius 3 is 2.85 bits per heavy atom. The molecule has 0 bridgehead atoms. The number of likely N-dealkylation sites (tertiary alicyclic amines) is 1. The summed E-state index contributed by atoms with van der Waals surface area (Å²) in [6.45, 7) is 7.75. The summed E-state index contributed by atoms with van der Waals surface area (Å²) in [5, 5.41) is 0. The molecule has 0 aromatic carbocycles. The second kappa shape index (κ2) is 6.31. The van der Waals surface area contributed by atoms with Crippen molar-refractivity contribution in [3.63, 3.8) is 0 Å². The van der Waals surface area contributed by atoms with E-state index in [9.17, 15) is 4.79 Å². The lowest BCUT2D eigenvalue weighted by molar-refractivity contribution is 0.0561. The Hall–Kier alpha value is -0.810. The van der Waals surface area contributed by atoms with Gasteiger partial charge in [-0.1, -0.05) is 6.92 Å². The lowest BCUT2D eigenvalue weighted by Gasteiger charge is -2.38. The standard InChI is InChI=1S/C15H24BrN3O/c1-10(2)19-9-12(16)7-14(19)15(20)18-5-4-11(3)6-13(18)8-17/h7,9-11,13H,4-6,8,17H2,1-3H3. The van der Waals surface area contributed by atoms with Crippen LogP contribution in [0.4, 0.5) is 0 Å². The maximum atomic E-state index is 12.8. The van der Waals surface area contributed by atoms with Crippen LogP contribution in [0.2, 0.25) is 0 Å². The van der Waals surface area contributed by atoms with Crippen molar-refractivity contribution >= 4 is 21.8 Å². The van der Waals surface area contributed by atoms with Crippen LogP contribution in [0.5, 0.6) is 0 Å². The van der Waals surface area contributed by atoms with E-state index in [-0.39, 0.29) is 18.0 Å². The SMILES string of the molecule is CC1CCN(C(=O)c2cc(Br)cn2C(C)C)C(CN)C1. The molecule has 2 heterocycles. The molecule has 0 saturated carbocycles. The van der Waals surface area contributed by atoms with Crippen molar-refractivity contribution in [2.45, 2.75) is 45.7 Å². The van der Waals surface area contributed by atoms with Gasteiger partial charge in [0, 0.05) is 35.8 Å². The van der Waals surface area contributed by atoms with Crippen LogP contribution >= 0.6 is 15.9 Å². The van der Waals surface area contributed by atoms with Crippen LogP contribution < -0.4 is 5.73 Å². The Labute approximate surface area is 129 Å². The molecule has 0 spiro atoms. The molecule has 1 fully saturated rings. The lowest BCUT2D eigenvalue weighted by atomic mass is 9.92. The number of nitrogens with two attached hydrogens (primary N) is 1. The van der Waals surface area contributed by atoms with Crippen molar-refractivity contribution in [3.8, 4) is 0 Å². The maximum Gasteiger partial charge on any atom is 0.270 e. The zero-order valence-electron chi connectivity index (χ0n) is 12.5. The summed E-state index contributed by atoms with van der Waals surface area (Å²) in [4.78, 5) is 14.8. The molecule has 1 aliphatic rings. The summed E-state index contributed by atoms with van der Waals surface area (Å²) in [6.07, 6.45) is 4.04. The van der Waals surface area contributed by atoms with Crippen LogP contribution in [0, 0.1) is 5.92 Å². The van der Waals surface area contributed by atoms with Gasteiger partial charge in [0.05, 0.1) is 0 Å². The number of hydrogen-bond donors (Lipinski definition) is 1. The number of amides is 1. The summed E-state index contributed by atoms with van der Waals surface area (Å²) in [5.41, 5.74) is 6.61. The minimum absolute atomic E-state index is 0.103. The van der Waals surface area contributed by atoms with Crippen LogP contribution in [0.3, 0.4) is 0 Å². The van der Waals surface area contributed by atoms with Crippen molar-refractivity contribution in [2.24, 2.45) is 11.7 Å². The number of carbonyl (C=O) groups is 1. The topological polar surface area (TPSA) is 51.3 Å². The van der Waals surface area contributed by atoms with Crippen LogP contribution in [0.25, 0.3) is 0 Å². The van der Waals surface area contributed by atoms with E-state index in [0.717, 1.165) is 29.6 Å². The third kappa shape index (κ3) is 3.09. The molecule has 1 aromatic rings. The van der Waals surface area contributed by atoms with E-state index in [1.165, 1.54) is 0 Å². The monoisotopic (exact) mass is 341 g/mol. The molecule has 2 atom stereocenters. The third-order valence-corrected chi connectivity index (χ3v) is 4.54. The molecule has 1 aliphatic heterocycles. The summed E-state index contributed by atoms with van der Waals surface area (Å²) in [6, 6.07) is 2.34. The first-order valence-corrected chi connectivity index (χ1v) is 8.11. The van der Waals surface area contributed by atoms with Gasteiger partial charge in [-0.05, 0) is 54.6 Å². The summed E-state index contributed by atoms with van der Waals surface area (Å²) >= 11 is 3.47. The number of nitrogens with zero attached hydrogens (tertiary/aromatic N) is 2. The smallest absolute Gasteiger partial charge is 0.270 e. The van der Waals surface area contributed by atoms with Crippen molar-refractivity contribution < 1.29 is 4.79 Å². The van der Waals surface area contributed by atoms with Crippen molar-refractivity contribution in [3.05, 3.63) is 22.4 Å². The summed E-state index contributed by atoms with van der Waals surface area (Å²) < 4.78 is 2.97. The van der Waals surface area contributed by atoms with Gasteiger partial charge < -0.3 is 15.2 Å². The molecular weight excluding hydrogens is 318 g/mol. The highest BCUT2D eigenvalue weighted by atomic mass is 79.9. The molecule has 5 heteroatoms. The number of halogens is 1. The first kappa shape index (κ1) is 15.6. The van der Waals surface area contributed by atoms with Gasteiger partial charge in [0.15, 0.2) is 0 Å². The van der Waals surface area contributed by atoms with Crippen molar-refractivity contribution in [2.75, 3.05) is 13.1 Å². The van der Waals surface area contributed by atoms with Crippen LogP contribution in [-0.4, -0.2) is 34.5 Å². The van der Waals surface area contributed by atoms with Gasteiger partial charge in [-0.2, -0.15) is 0 Å². The number of rotatable bonds is 3. The largest absolute Gasteiger partial charge is 0.340 e. The van der Waals surface area contributed by atoms with Gasteiger partial charge in [-0.3, -0.25) is 4.79 Å². The second-order valence-electron chi connectivity index (χ2n) is 6.06. The maximum absolute atomic E-state index is 12.8. The van der Waals surface area contributed by atoms with E-state index in [1.54, 1.807) is 0 Å². The van der Waals surface area contributed by atoms with E-state index in [1.807, 2.05) is 21.7 Å². The highest BCUT2D eigenvalue weighted by Crippen LogP contribution is 2.26. The molecule has 2 unspecified atom stereocenters. The first-order valence-electron chi connectivity index (χ1n) is 7.32. The summed E-state index contributed by atoms with van der Waals surface area (Å²) in [7, 11) is 0. The van der Waals surface area contributed by atoms with Crippen LogP contribution in [0.1, 0.15) is 50.1 Å². The minimum Gasteiger partial charge on any atom is -0.340 e. The van der Waals surface area contributed by atoms with E-state index in [2.05, 4.69) is 36.7 Å². The number of hydrogen-bond acceptors (Lipinski definition) is 2. The molecule has 2 rings (SSSR count). The number of carbonyl (C=O) groups excluding carboxylic acids is 1. The highest BCUT2D eigenvalue weighted by Gasteiger charge is 2.31. The number of piperidine rings is 1. The Kier molecular flexibility index (Phi) is 4.91. The normalized spacial score (nSPS) is 23.4. The predicted molar refractivity (Wildman–Crippen MR) is 84.8 cm³/mol. The van der Waals surface area contributed by atoms with Crippen molar-refractivity contribution in [1.82, 2.24) is 9.47 Å². The Bertz CT molecular complexity index is 483. The molecule has 0 aliphatic carbocycles. The van der Waals surface area contributed by atoms with E-state index >= 15 is 0 Å². The van der Waals surface area contributed by atoms with Gasteiger partial charge in [0.2, 0.25) is 0 Å². The van der Waals surface area contributed by atoms with Gasteiger partial charge in [0.1, 0.15) is 5.69 Å². The van der Waals surface area contributed by atoms with Gasteiger partial charge in [-0.25, -0.2) is 0 Å². The minimum atomic E-state index is 0.103. The summed E-state index contributed by atoms with van der Waals surface area (Å²) in [5.74, 6) is 0.753. The van der Waals surface area contributed by atoms with Crippen LogP contribution in [-0.2, 0) is 0 Å². The molecule has 1 amide bonds. The highest BCUT2D eigenvalue weighted by molar-refractivity contribution is 9.10. The average Bonchev–Trinajstić information content (AvgIpc) is 2.80. The zero-order chi connectivity index (χ0) is 14.9. The molecule has 0 radical (unpaired) electrons. The Balaban J connectivity index is 2.26. The van der Waals surface area contributed by atoms with Crippen molar-refractivity contribution in [1.29, 1.82) is 0 Å². The van der Waals surface area contributed by atoms with Gasteiger partial charge >= 0.3 is 0 Å². The fourth-order valence-corrected chi connectivity index (χ4v) is 3.37. The second-order valence-corrected chi connectivity index (χ2v) is 6.98. The predicted octanol–water partition coefficient (Wildman–Crippen LogP) is 3.03. The van der Waals surface area contributed by atoms with E-state index in [4.69, 9.17) is 5.73 Å². The molecule has 4 nitrogen and oxygen atoms in total. The zero-order valence-corrected chi connectivity index (χ0v) is 14.1. The fourth-order valence-electron chi connectivity index (χ4n) is 2.93. The molecular formula is C15H24BrN3O. The average molecular weight is 342 g/mol. The Morgan fingerprint density at radius 2 is 2.25 bits per heavy atom. The lowest BCUT2D eigenvalue weighted by Crippen LogP contribution is -2.49. The quantitative estimate of drug-likeness (QED) is 0.918. The molecule has 20 heavy (non-hydrogen) atoms. The Morgan fingerprint density at radius 1 is 1.55 bits per heavy atom. The molecule has 1 aromatic heterocycles.